The molecular weight excluding hydrogens is 354 g/mol. The second-order valence-electron chi connectivity index (χ2n) is 8.02. The second kappa shape index (κ2) is 5.29. The third-order valence-electron chi connectivity index (χ3n) is 6.91. The predicted molar refractivity (Wildman–Crippen MR) is 102 cm³/mol. The summed E-state index contributed by atoms with van der Waals surface area (Å²) in [7, 11) is 0. The molecule has 0 radical (unpaired) electrons. The summed E-state index contributed by atoms with van der Waals surface area (Å²) in [6, 6.07) is 16.5. The van der Waals surface area contributed by atoms with E-state index in [0.29, 0.717) is 5.69 Å². The Bertz CT molecular complexity index is 1040. The number of imide groups is 1. The van der Waals surface area contributed by atoms with Crippen molar-refractivity contribution in [3.8, 4) is 0 Å². The molecule has 4 aliphatic rings. The highest BCUT2D eigenvalue weighted by atomic mass is 16.2. The number of benzene rings is 2. The van der Waals surface area contributed by atoms with Gasteiger partial charge < -0.3 is 5.32 Å². The summed E-state index contributed by atoms with van der Waals surface area (Å²) in [6.07, 6.45) is 1.76. The van der Waals surface area contributed by atoms with Gasteiger partial charge in [0.15, 0.2) is 0 Å². The first kappa shape index (κ1) is 16.0. The van der Waals surface area contributed by atoms with Crippen molar-refractivity contribution in [3.05, 3.63) is 60.2 Å². The number of carbonyl (C=O) groups is 3. The Hall–Kier alpha value is -2.99. The minimum atomic E-state index is -1.08. The van der Waals surface area contributed by atoms with E-state index in [9.17, 15) is 14.4 Å². The number of anilines is 2. The highest BCUT2D eigenvalue weighted by molar-refractivity contribution is 6.25. The fourth-order valence-electron chi connectivity index (χ4n) is 5.99. The molecule has 0 unspecified atom stereocenters. The SMILES string of the molecule is O=C1[C@H]2[C@@H](C(=O)N1c1ccccc1)[C@]1(C(=O)Nc3ccccc31)N1CCC[C@@H]21. The number of hydrogen-bond acceptors (Lipinski definition) is 4. The van der Waals surface area contributed by atoms with Crippen molar-refractivity contribution in [1.29, 1.82) is 0 Å². The molecule has 6 rings (SSSR count). The minimum Gasteiger partial charge on any atom is -0.324 e. The lowest BCUT2D eigenvalue weighted by atomic mass is 9.75. The molecule has 0 saturated carbocycles. The molecule has 2 aromatic carbocycles. The maximum atomic E-state index is 13.6. The third kappa shape index (κ3) is 1.66. The molecule has 4 aliphatic heterocycles. The summed E-state index contributed by atoms with van der Waals surface area (Å²) in [6.45, 7) is 0.727. The zero-order valence-electron chi connectivity index (χ0n) is 15.2. The van der Waals surface area contributed by atoms with Gasteiger partial charge in [-0.05, 0) is 37.6 Å². The van der Waals surface area contributed by atoms with Gasteiger partial charge in [-0.15, -0.1) is 0 Å². The molecule has 0 bridgehead atoms. The fourth-order valence-corrected chi connectivity index (χ4v) is 5.99. The molecule has 0 aromatic heterocycles. The summed E-state index contributed by atoms with van der Waals surface area (Å²) < 4.78 is 0. The van der Waals surface area contributed by atoms with Crippen molar-refractivity contribution < 1.29 is 14.4 Å². The number of nitrogens with zero attached hydrogens (tertiary/aromatic N) is 2. The summed E-state index contributed by atoms with van der Waals surface area (Å²) in [5.41, 5.74) is 1.07. The quantitative estimate of drug-likeness (QED) is 0.778. The van der Waals surface area contributed by atoms with Crippen LogP contribution in [0.2, 0.25) is 0 Å². The lowest BCUT2D eigenvalue weighted by Crippen LogP contribution is -2.54. The van der Waals surface area contributed by atoms with E-state index in [1.54, 1.807) is 12.1 Å². The topological polar surface area (TPSA) is 69.7 Å². The molecule has 3 saturated heterocycles. The molecule has 3 fully saturated rings. The zero-order valence-corrected chi connectivity index (χ0v) is 15.2. The smallest absolute Gasteiger partial charge is 0.250 e. The number of para-hydroxylation sites is 2. The van der Waals surface area contributed by atoms with Crippen LogP contribution in [0.1, 0.15) is 18.4 Å². The molecule has 140 valence electrons. The highest BCUT2D eigenvalue weighted by Crippen LogP contribution is 2.60. The molecule has 6 heteroatoms. The molecule has 3 amide bonds. The Morgan fingerprint density at radius 2 is 1.68 bits per heavy atom. The summed E-state index contributed by atoms with van der Waals surface area (Å²) in [5.74, 6) is -1.78. The zero-order chi connectivity index (χ0) is 19.0. The largest absolute Gasteiger partial charge is 0.324 e. The van der Waals surface area contributed by atoms with Gasteiger partial charge in [-0.3, -0.25) is 19.3 Å². The van der Waals surface area contributed by atoms with E-state index < -0.39 is 17.4 Å². The van der Waals surface area contributed by atoms with Crippen LogP contribution in [0.3, 0.4) is 0 Å². The molecule has 6 nitrogen and oxygen atoms in total. The molecule has 2 aromatic rings. The van der Waals surface area contributed by atoms with E-state index in [1.165, 1.54) is 4.90 Å². The van der Waals surface area contributed by atoms with Crippen LogP contribution in [0.4, 0.5) is 11.4 Å². The van der Waals surface area contributed by atoms with Gasteiger partial charge in [0.25, 0.3) is 0 Å². The van der Waals surface area contributed by atoms with Crippen LogP contribution in [0.25, 0.3) is 0 Å². The Labute approximate surface area is 162 Å². The lowest BCUT2D eigenvalue weighted by Gasteiger charge is -2.36. The van der Waals surface area contributed by atoms with Crippen molar-refractivity contribution in [2.45, 2.75) is 24.4 Å². The monoisotopic (exact) mass is 373 g/mol. The van der Waals surface area contributed by atoms with Gasteiger partial charge in [0.1, 0.15) is 5.54 Å². The van der Waals surface area contributed by atoms with Gasteiger partial charge in [0.2, 0.25) is 17.7 Å². The van der Waals surface area contributed by atoms with Gasteiger partial charge in [-0.25, -0.2) is 4.90 Å². The van der Waals surface area contributed by atoms with Crippen molar-refractivity contribution in [1.82, 2.24) is 4.90 Å². The molecule has 0 aliphatic carbocycles. The van der Waals surface area contributed by atoms with E-state index in [1.807, 2.05) is 42.5 Å². The van der Waals surface area contributed by atoms with E-state index in [2.05, 4.69) is 10.2 Å². The van der Waals surface area contributed by atoms with Crippen LogP contribution in [-0.2, 0) is 19.9 Å². The Morgan fingerprint density at radius 3 is 2.50 bits per heavy atom. The van der Waals surface area contributed by atoms with Gasteiger partial charge >= 0.3 is 0 Å². The first-order valence-corrected chi connectivity index (χ1v) is 9.76. The molecule has 28 heavy (non-hydrogen) atoms. The van der Waals surface area contributed by atoms with Crippen LogP contribution >= 0.6 is 0 Å². The first-order valence-electron chi connectivity index (χ1n) is 9.76. The number of hydrogen-bond donors (Lipinski definition) is 1. The summed E-state index contributed by atoms with van der Waals surface area (Å²) in [5, 5.41) is 2.98. The highest BCUT2D eigenvalue weighted by Gasteiger charge is 2.74. The standard InChI is InChI=1S/C22H19N3O3/c26-19-17-16-11-6-12-24(16)22(14-9-4-5-10-15(14)23-21(22)28)18(17)20(27)25(19)13-7-2-1-3-8-13/h1-5,7-10,16-18H,6,11-12H2,(H,23,28)/t16-,17+,18-,22+/m0/s1. The average Bonchev–Trinajstić information content (AvgIpc) is 3.41. The maximum absolute atomic E-state index is 13.6. The van der Waals surface area contributed by atoms with Gasteiger partial charge in [0.05, 0.1) is 17.5 Å². The number of carbonyl (C=O) groups excluding carboxylic acids is 3. The number of rotatable bonds is 1. The lowest BCUT2D eigenvalue weighted by molar-refractivity contribution is -0.135. The number of nitrogens with one attached hydrogen (secondary N) is 1. The molecule has 1 spiro atoms. The Balaban J connectivity index is 1.58. The predicted octanol–water partition coefficient (Wildman–Crippen LogP) is 2.12. The second-order valence-corrected chi connectivity index (χ2v) is 8.02. The summed E-state index contributed by atoms with van der Waals surface area (Å²) >= 11 is 0. The normalized spacial score (nSPS) is 33.4. The van der Waals surface area contributed by atoms with Crippen LogP contribution < -0.4 is 10.2 Å². The maximum Gasteiger partial charge on any atom is 0.250 e. The molecule has 4 heterocycles. The number of amides is 3. The molecular formula is C22H19N3O3. The van der Waals surface area contributed by atoms with Crippen LogP contribution in [0.15, 0.2) is 54.6 Å². The average molecular weight is 373 g/mol. The van der Waals surface area contributed by atoms with E-state index in [0.717, 1.165) is 30.6 Å². The van der Waals surface area contributed by atoms with Crippen molar-refractivity contribution in [3.63, 3.8) is 0 Å². The van der Waals surface area contributed by atoms with Crippen LogP contribution in [0.5, 0.6) is 0 Å². The van der Waals surface area contributed by atoms with E-state index in [4.69, 9.17) is 0 Å². The summed E-state index contributed by atoms with van der Waals surface area (Å²) in [4.78, 5) is 43.9. The third-order valence-corrected chi connectivity index (χ3v) is 6.91. The Morgan fingerprint density at radius 1 is 0.929 bits per heavy atom. The van der Waals surface area contributed by atoms with E-state index in [-0.39, 0.29) is 23.8 Å². The minimum absolute atomic E-state index is 0.0768. The van der Waals surface area contributed by atoms with Crippen LogP contribution in [0, 0.1) is 11.8 Å². The van der Waals surface area contributed by atoms with E-state index >= 15 is 0 Å². The molecule has 1 N–H and O–H groups in total. The molecule has 4 atom stereocenters. The Kier molecular flexibility index (Phi) is 3.03. The van der Waals surface area contributed by atoms with Gasteiger partial charge in [-0.2, -0.15) is 0 Å². The van der Waals surface area contributed by atoms with Gasteiger partial charge in [0, 0.05) is 17.3 Å². The fraction of sp³-hybridized carbons (Fsp3) is 0.318. The first-order chi connectivity index (χ1) is 13.7. The van der Waals surface area contributed by atoms with Gasteiger partial charge in [-0.1, -0.05) is 36.4 Å². The van der Waals surface area contributed by atoms with Crippen molar-refractivity contribution >= 4 is 29.1 Å². The van der Waals surface area contributed by atoms with Crippen molar-refractivity contribution in [2.24, 2.45) is 11.8 Å². The number of fused-ring (bicyclic) bond motifs is 7. The van der Waals surface area contributed by atoms with Crippen molar-refractivity contribution in [2.75, 3.05) is 16.8 Å². The van der Waals surface area contributed by atoms with Crippen LogP contribution in [-0.4, -0.2) is 35.2 Å².